The lowest BCUT2D eigenvalue weighted by molar-refractivity contribution is -0.190. The number of esters is 1. The Kier molecular flexibility index (Phi) is 7.54. The molecule has 220 valence electrons. The van der Waals surface area contributed by atoms with Crippen LogP contribution in [0.4, 0.5) is 0 Å². The lowest BCUT2D eigenvalue weighted by Crippen LogP contribution is -2.58. The normalized spacial score (nSPS) is 31.6. The average molecular weight is 583 g/mol. The molecule has 0 heterocycles. The Morgan fingerprint density at radius 2 is 1.80 bits per heavy atom. The van der Waals surface area contributed by atoms with Crippen LogP contribution in [-0.2, 0) is 33.4 Å². The number of hydrogen-bond donors (Lipinski definition) is 1. The van der Waals surface area contributed by atoms with E-state index in [1.807, 2.05) is 19.9 Å². The quantitative estimate of drug-likeness (QED) is 0.266. The topological polar surface area (TPSA) is 124 Å². The number of carbonyl (C=O) groups is 3. The zero-order valence-corrected chi connectivity index (χ0v) is 24.9. The Morgan fingerprint density at radius 1 is 1.10 bits per heavy atom. The highest BCUT2D eigenvalue weighted by Gasteiger charge is 2.66. The van der Waals surface area contributed by atoms with Crippen LogP contribution in [0.25, 0.3) is 0 Å². The van der Waals surface area contributed by atoms with E-state index in [0.29, 0.717) is 19.3 Å². The van der Waals surface area contributed by atoms with Gasteiger partial charge in [0.25, 0.3) is 10.1 Å². The summed E-state index contributed by atoms with van der Waals surface area (Å²) >= 11 is 0. The molecular formula is C32H38O8S. The van der Waals surface area contributed by atoms with Crippen molar-refractivity contribution in [1.29, 1.82) is 0 Å². The van der Waals surface area contributed by atoms with Gasteiger partial charge >= 0.3 is 5.97 Å². The first kappa shape index (κ1) is 29.6. The monoisotopic (exact) mass is 582 g/mol. The molecule has 1 fully saturated rings. The summed E-state index contributed by atoms with van der Waals surface area (Å²) in [7, 11) is -4.23. The molecule has 1 unspecified atom stereocenters. The molecule has 4 aliphatic rings. The van der Waals surface area contributed by atoms with Crippen LogP contribution in [0.5, 0.6) is 0 Å². The SMILES string of the molecule is CCC(O)C(=O)O[C@]1(C(=O)COS(=O)(=O)c2ccc(C)cc2)CC[C@H]2C3=C(CC[C@@]21C)[C@@]1(C)C=CC(=O)C=C1CC3. The van der Waals surface area contributed by atoms with Crippen LogP contribution in [0.2, 0.25) is 0 Å². The number of carbonyl (C=O) groups excluding carboxylic acids is 3. The summed E-state index contributed by atoms with van der Waals surface area (Å²) in [5, 5.41) is 10.3. The van der Waals surface area contributed by atoms with E-state index in [0.717, 1.165) is 24.0 Å². The third-order valence-corrected chi connectivity index (χ3v) is 11.4. The van der Waals surface area contributed by atoms with Crippen molar-refractivity contribution in [2.75, 3.05) is 6.61 Å². The van der Waals surface area contributed by atoms with Crippen molar-refractivity contribution < 1.29 is 36.8 Å². The molecule has 5 atom stereocenters. The number of ketones is 2. The molecule has 1 aromatic rings. The fourth-order valence-electron chi connectivity index (χ4n) is 7.57. The Labute approximate surface area is 241 Å². The van der Waals surface area contributed by atoms with Gasteiger partial charge < -0.3 is 9.84 Å². The predicted molar refractivity (Wildman–Crippen MR) is 151 cm³/mol. The summed E-state index contributed by atoms with van der Waals surface area (Å²) < 4.78 is 37.1. The summed E-state index contributed by atoms with van der Waals surface area (Å²) in [6.07, 6.45) is 7.46. The second-order valence-electron chi connectivity index (χ2n) is 12.2. The number of fused-ring (bicyclic) bond motifs is 4. The number of Topliss-reactive ketones (excluding diaryl/α,β-unsaturated/α-hetero) is 1. The van der Waals surface area contributed by atoms with Gasteiger partial charge in [0, 0.05) is 10.8 Å². The van der Waals surface area contributed by atoms with Gasteiger partial charge in [-0.25, -0.2) is 4.79 Å². The number of aliphatic hydroxyl groups is 1. The van der Waals surface area contributed by atoms with Gasteiger partial charge in [0.15, 0.2) is 17.5 Å². The van der Waals surface area contributed by atoms with Gasteiger partial charge in [-0.05, 0) is 89.0 Å². The second-order valence-corrected chi connectivity index (χ2v) is 13.9. The smallest absolute Gasteiger partial charge is 0.335 e. The maximum absolute atomic E-state index is 14.1. The van der Waals surface area contributed by atoms with Crippen molar-refractivity contribution in [2.45, 2.75) is 89.2 Å². The zero-order valence-electron chi connectivity index (χ0n) is 24.1. The maximum Gasteiger partial charge on any atom is 0.335 e. The minimum Gasteiger partial charge on any atom is -0.448 e. The van der Waals surface area contributed by atoms with Crippen LogP contribution in [0.15, 0.2) is 64.1 Å². The van der Waals surface area contributed by atoms with Crippen molar-refractivity contribution in [1.82, 2.24) is 0 Å². The van der Waals surface area contributed by atoms with Crippen LogP contribution in [-0.4, -0.2) is 49.4 Å². The fraction of sp³-hybridized carbons (Fsp3) is 0.531. The molecule has 0 aliphatic heterocycles. The number of benzene rings is 1. The molecule has 0 bridgehead atoms. The van der Waals surface area contributed by atoms with Crippen molar-refractivity contribution in [2.24, 2.45) is 16.7 Å². The minimum absolute atomic E-state index is 0.00497. The summed E-state index contributed by atoms with van der Waals surface area (Å²) in [4.78, 5) is 39.1. The molecule has 0 aromatic heterocycles. The van der Waals surface area contributed by atoms with E-state index in [-0.39, 0.29) is 34.9 Å². The molecule has 8 nitrogen and oxygen atoms in total. The Balaban J connectivity index is 1.49. The highest BCUT2D eigenvalue weighted by atomic mass is 32.2. The molecule has 1 aromatic carbocycles. The van der Waals surface area contributed by atoms with E-state index in [1.54, 1.807) is 31.2 Å². The van der Waals surface area contributed by atoms with E-state index < -0.39 is 45.6 Å². The first-order chi connectivity index (χ1) is 19.3. The van der Waals surface area contributed by atoms with E-state index >= 15 is 0 Å². The highest BCUT2D eigenvalue weighted by Crippen LogP contribution is 2.65. The van der Waals surface area contributed by atoms with Crippen molar-refractivity contribution in [3.8, 4) is 0 Å². The van der Waals surface area contributed by atoms with E-state index in [1.165, 1.54) is 23.3 Å². The molecule has 4 aliphatic carbocycles. The molecule has 1 saturated carbocycles. The second kappa shape index (κ2) is 10.4. The third kappa shape index (κ3) is 4.76. The lowest BCUT2D eigenvalue weighted by Gasteiger charge is -2.52. The number of ether oxygens (including phenoxy) is 1. The summed E-state index contributed by atoms with van der Waals surface area (Å²) in [6.45, 7) is 6.77. The third-order valence-electron chi connectivity index (χ3n) is 10.1. The first-order valence-corrected chi connectivity index (χ1v) is 15.8. The van der Waals surface area contributed by atoms with Crippen molar-refractivity contribution >= 4 is 27.7 Å². The molecule has 0 spiro atoms. The van der Waals surface area contributed by atoms with E-state index in [9.17, 15) is 27.9 Å². The molecule has 0 saturated heterocycles. The molecule has 0 amide bonds. The molecule has 9 heteroatoms. The van der Waals surface area contributed by atoms with Gasteiger partial charge in [0.05, 0.1) is 4.90 Å². The summed E-state index contributed by atoms with van der Waals surface area (Å²) in [6, 6.07) is 6.13. The summed E-state index contributed by atoms with van der Waals surface area (Å²) in [5.41, 5.74) is 1.62. The van der Waals surface area contributed by atoms with E-state index in [4.69, 9.17) is 8.92 Å². The molecule has 5 rings (SSSR count). The van der Waals surface area contributed by atoms with Gasteiger partial charge in [-0.3, -0.25) is 13.8 Å². The highest BCUT2D eigenvalue weighted by molar-refractivity contribution is 7.86. The number of hydrogen-bond acceptors (Lipinski definition) is 8. The molecular weight excluding hydrogens is 544 g/mol. The van der Waals surface area contributed by atoms with Crippen molar-refractivity contribution in [3.05, 3.63) is 64.8 Å². The zero-order chi connectivity index (χ0) is 29.8. The van der Waals surface area contributed by atoms with Gasteiger partial charge in [0.1, 0.15) is 6.61 Å². The van der Waals surface area contributed by atoms with Gasteiger partial charge in [-0.2, -0.15) is 8.42 Å². The van der Waals surface area contributed by atoms with E-state index in [2.05, 4.69) is 6.92 Å². The van der Waals surface area contributed by atoms with Crippen LogP contribution >= 0.6 is 0 Å². The number of aryl methyl sites for hydroxylation is 1. The number of aliphatic hydroxyl groups excluding tert-OH is 1. The van der Waals surface area contributed by atoms with Crippen LogP contribution in [0.1, 0.15) is 71.3 Å². The fourth-order valence-corrected chi connectivity index (χ4v) is 8.44. The summed E-state index contributed by atoms with van der Waals surface area (Å²) in [5.74, 6) is -1.60. The van der Waals surface area contributed by atoms with Crippen molar-refractivity contribution in [3.63, 3.8) is 0 Å². The number of allylic oxidation sites excluding steroid dienone is 6. The van der Waals surface area contributed by atoms with Crippen LogP contribution in [0, 0.1) is 23.7 Å². The lowest BCUT2D eigenvalue weighted by atomic mass is 9.53. The standard InChI is InChI=1S/C32H38O8S/c1-5-27(34)29(36)40-32(28(35)19-39-41(37,38)23-9-6-20(2)7-10-23)17-14-26-24-11-8-21-18-22(33)12-15-30(21,3)25(24)13-16-31(26,32)4/h6-7,9-10,12,15,18,26-27,34H,5,8,11,13-14,16-17,19H2,1-4H3/t26-,27?,30-,31-,32-/m0/s1. The van der Waals surface area contributed by atoms with Gasteiger partial charge in [-0.15, -0.1) is 0 Å². The molecule has 0 radical (unpaired) electrons. The maximum atomic E-state index is 14.1. The van der Waals surface area contributed by atoms with Crippen LogP contribution in [0.3, 0.4) is 0 Å². The molecule has 1 N–H and O–H groups in total. The van der Waals surface area contributed by atoms with Gasteiger partial charge in [-0.1, -0.05) is 54.3 Å². The molecule has 41 heavy (non-hydrogen) atoms. The number of rotatable bonds is 8. The Hall–Kier alpha value is -2.88. The first-order valence-electron chi connectivity index (χ1n) is 14.3. The minimum atomic E-state index is -4.23. The predicted octanol–water partition coefficient (Wildman–Crippen LogP) is 4.69. The largest absolute Gasteiger partial charge is 0.448 e. The Morgan fingerprint density at radius 3 is 2.49 bits per heavy atom. The Bertz CT molecular complexity index is 1480. The van der Waals surface area contributed by atoms with Gasteiger partial charge in [0.2, 0.25) is 5.78 Å². The van der Waals surface area contributed by atoms with Crippen LogP contribution < -0.4 is 0 Å². The average Bonchev–Trinajstić information content (AvgIpc) is 3.24.